The normalized spacial score (nSPS) is 12.4. The molecule has 0 aliphatic rings. The zero-order valence-electron chi connectivity index (χ0n) is 21.6. The van der Waals surface area contributed by atoms with Crippen LogP contribution >= 0.6 is 0 Å². The van der Waals surface area contributed by atoms with E-state index >= 15 is 0 Å². The van der Waals surface area contributed by atoms with Crippen molar-refractivity contribution in [3.8, 4) is 16.9 Å². The number of rotatable bonds is 8. The number of hydrogen-bond donors (Lipinski definition) is 3. The maximum atomic E-state index is 13.3. The number of aromatic hydroxyl groups is 1. The van der Waals surface area contributed by atoms with Gasteiger partial charge in [0.05, 0.1) is 22.9 Å². The third kappa shape index (κ3) is 5.25. The molecule has 11 heteroatoms. The molecule has 4 rings (SSSR count). The van der Waals surface area contributed by atoms with Crippen molar-refractivity contribution in [1.29, 1.82) is 0 Å². The van der Waals surface area contributed by atoms with Gasteiger partial charge in [-0.25, -0.2) is 0 Å². The summed E-state index contributed by atoms with van der Waals surface area (Å²) in [7, 11) is 2.86. The number of amides is 1. The maximum Gasteiger partial charge on any atom is 0.416 e. The van der Waals surface area contributed by atoms with Gasteiger partial charge in [-0.2, -0.15) is 13.2 Å². The first-order chi connectivity index (χ1) is 18.3. The number of phenols is 1. The highest BCUT2D eigenvalue weighted by Gasteiger charge is 2.32. The zero-order chi connectivity index (χ0) is 28.6. The van der Waals surface area contributed by atoms with E-state index in [9.17, 15) is 32.7 Å². The van der Waals surface area contributed by atoms with Gasteiger partial charge >= 0.3 is 6.18 Å². The van der Waals surface area contributed by atoms with Gasteiger partial charge < -0.3 is 25.1 Å². The number of phenolic OH excluding ortho intramolecular Hbond substituents is 1. The number of hydrogen-bond acceptors (Lipinski definition) is 7. The molecule has 0 bridgehead atoms. The molecule has 204 valence electrons. The van der Waals surface area contributed by atoms with Gasteiger partial charge in [0, 0.05) is 14.1 Å². The van der Waals surface area contributed by atoms with Gasteiger partial charge in [-0.1, -0.05) is 25.1 Å². The molecular formula is C28H26F3N3O5. The SMILES string of the molecule is CC[C@@H](Nc1c(Nc2ccc(-c3cccc(C(F)(F)F)c3)c(C(=O)N(C)C)c2O)c(=O)c1=O)c1ccc(C)o1. The summed E-state index contributed by atoms with van der Waals surface area (Å²) >= 11 is 0. The van der Waals surface area contributed by atoms with Gasteiger partial charge in [-0.05, 0) is 54.8 Å². The summed E-state index contributed by atoms with van der Waals surface area (Å²) in [5, 5.41) is 16.8. The average molecular weight is 542 g/mol. The Morgan fingerprint density at radius 2 is 1.74 bits per heavy atom. The Kier molecular flexibility index (Phi) is 7.27. The number of anilines is 3. The summed E-state index contributed by atoms with van der Waals surface area (Å²) in [6.45, 7) is 3.64. The first-order valence-electron chi connectivity index (χ1n) is 12.0. The molecule has 1 amide bonds. The van der Waals surface area contributed by atoms with Crippen molar-refractivity contribution in [2.24, 2.45) is 0 Å². The average Bonchev–Trinajstić information content (AvgIpc) is 3.33. The number of nitrogens with zero attached hydrogens (tertiary/aromatic N) is 1. The molecule has 3 N–H and O–H groups in total. The molecule has 0 saturated heterocycles. The van der Waals surface area contributed by atoms with Crippen molar-refractivity contribution >= 4 is 23.0 Å². The standard InChI is InChI=1S/C28H26F3N3O5/c1-5-18(20-12-9-14(2)39-20)32-22-23(26(37)25(22)36)33-19-11-10-17(21(24(19)35)27(38)34(3)4)15-7-6-8-16(13-15)28(29,30)31/h6-13,18,32-33,35H,5H2,1-4H3/t18-/m1/s1. The molecule has 0 fully saturated rings. The second-order valence-corrected chi connectivity index (χ2v) is 9.25. The number of furan rings is 1. The fraction of sp³-hybridized carbons (Fsp3) is 0.250. The first kappa shape index (κ1) is 27.5. The molecule has 1 heterocycles. The molecule has 0 aliphatic carbocycles. The zero-order valence-corrected chi connectivity index (χ0v) is 21.6. The van der Waals surface area contributed by atoms with E-state index in [1.807, 2.05) is 6.92 Å². The quantitative estimate of drug-likeness (QED) is 0.197. The summed E-state index contributed by atoms with van der Waals surface area (Å²) in [5.41, 5.74) is -2.86. The van der Waals surface area contributed by atoms with Gasteiger partial charge in [0.25, 0.3) is 16.8 Å². The van der Waals surface area contributed by atoms with Crippen LogP contribution in [0.3, 0.4) is 0 Å². The molecule has 8 nitrogen and oxygen atoms in total. The minimum absolute atomic E-state index is 0.0113. The van der Waals surface area contributed by atoms with Crippen LogP contribution in [-0.2, 0) is 6.18 Å². The maximum absolute atomic E-state index is 13.3. The van der Waals surface area contributed by atoms with Gasteiger partial charge in [0.15, 0.2) is 5.75 Å². The van der Waals surface area contributed by atoms with Gasteiger partial charge in [0.2, 0.25) is 0 Å². The Hall–Kier alpha value is -4.54. The highest BCUT2D eigenvalue weighted by Crippen LogP contribution is 2.40. The van der Waals surface area contributed by atoms with Crippen molar-refractivity contribution in [2.45, 2.75) is 32.5 Å². The van der Waals surface area contributed by atoms with E-state index in [0.717, 1.165) is 17.0 Å². The smallest absolute Gasteiger partial charge is 0.416 e. The molecule has 0 radical (unpaired) electrons. The van der Waals surface area contributed by atoms with E-state index < -0.39 is 40.3 Å². The van der Waals surface area contributed by atoms with Crippen molar-refractivity contribution < 1.29 is 27.5 Å². The molecular weight excluding hydrogens is 515 g/mol. The van der Waals surface area contributed by atoms with Crippen LogP contribution in [0.1, 0.15) is 46.8 Å². The molecule has 3 aromatic carbocycles. The van der Waals surface area contributed by atoms with Gasteiger partial charge in [-0.3, -0.25) is 14.4 Å². The van der Waals surface area contributed by atoms with Crippen LogP contribution in [-0.4, -0.2) is 30.0 Å². The molecule has 1 atom stereocenters. The number of benzene rings is 2. The molecule has 1 aromatic heterocycles. The minimum Gasteiger partial charge on any atom is -0.505 e. The van der Waals surface area contributed by atoms with E-state index in [1.54, 1.807) is 19.1 Å². The Bertz CT molecular complexity index is 1610. The number of halogens is 3. The molecule has 0 spiro atoms. The monoisotopic (exact) mass is 541 g/mol. The van der Waals surface area contributed by atoms with Crippen LogP contribution < -0.4 is 21.5 Å². The van der Waals surface area contributed by atoms with Crippen molar-refractivity contribution in [2.75, 3.05) is 24.7 Å². The van der Waals surface area contributed by atoms with Crippen molar-refractivity contribution in [3.63, 3.8) is 0 Å². The summed E-state index contributed by atoms with van der Waals surface area (Å²) in [4.78, 5) is 39.1. The molecule has 0 unspecified atom stereocenters. The van der Waals surface area contributed by atoms with Crippen LogP contribution in [0.5, 0.6) is 5.75 Å². The van der Waals surface area contributed by atoms with Crippen molar-refractivity contribution in [3.05, 3.63) is 91.6 Å². The molecule has 39 heavy (non-hydrogen) atoms. The lowest BCUT2D eigenvalue weighted by atomic mass is 9.95. The largest absolute Gasteiger partial charge is 0.505 e. The lowest BCUT2D eigenvalue weighted by molar-refractivity contribution is -0.137. The van der Waals surface area contributed by atoms with E-state index in [-0.39, 0.29) is 33.8 Å². The number of alkyl halides is 3. The fourth-order valence-electron chi connectivity index (χ4n) is 4.21. The Morgan fingerprint density at radius 3 is 2.33 bits per heavy atom. The number of carbonyl (C=O) groups excluding carboxylic acids is 1. The fourth-order valence-corrected chi connectivity index (χ4v) is 4.21. The Balaban J connectivity index is 1.75. The minimum atomic E-state index is -4.61. The van der Waals surface area contributed by atoms with E-state index in [0.29, 0.717) is 17.9 Å². The number of aryl methyl sites for hydroxylation is 1. The second-order valence-electron chi connectivity index (χ2n) is 9.25. The van der Waals surface area contributed by atoms with E-state index in [1.165, 1.54) is 38.4 Å². The number of nitrogens with one attached hydrogen (secondary N) is 2. The highest BCUT2D eigenvalue weighted by atomic mass is 19.4. The van der Waals surface area contributed by atoms with Crippen LogP contribution in [0.2, 0.25) is 0 Å². The Labute approximate surface area is 221 Å². The van der Waals surface area contributed by atoms with Gasteiger partial charge in [0.1, 0.15) is 22.9 Å². The topological polar surface area (TPSA) is 112 Å². The highest BCUT2D eigenvalue weighted by molar-refractivity contribution is 6.05. The third-order valence-electron chi connectivity index (χ3n) is 6.30. The predicted molar refractivity (Wildman–Crippen MR) is 141 cm³/mol. The first-order valence-corrected chi connectivity index (χ1v) is 12.0. The van der Waals surface area contributed by atoms with Crippen LogP contribution in [0, 0.1) is 6.92 Å². The van der Waals surface area contributed by atoms with Crippen molar-refractivity contribution in [1.82, 2.24) is 4.90 Å². The summed E-state index contributed by atoms with van der Waals surface area (Å²) in [6.07, 6.45) is -4.08. The van der Waals surface area contributed by atoms with Gasteiger partial charge in [-0.15, -0.1) is 0 Å². The van der Waals surface area contributed by atoms with E-state index in [2.05, 4.69) is 10.6 Å². The van der Waals surface area contributed by atoms with E-state index in [4.69, 9.17) is 4.42 Å². The lowest BCUT2D eigenvalue weighted by Gasteiger charge is -2.22. The predicted octanol–water partition coefficient (Wildman–Crippen LogP) is 5.58. The number of carbonyl (C=O) groups is 1. The van der Waals surface area contributed by atoms with Crippen LogP contribution in [0.25, 0.3) is 11.1 Å². The lowest BCUT2D eigenvalue weighted by Crippen LogP contribution is -2.37. The third-order valence-corrected chi connectivity index (χ3v) is 6.30. The van der Waals surface area contributed by atoms with Crippen LogP contribution in [0.4, 0.5) is 30.2 Å². The molecule has 0 aliphatic heterocycles. The molecule has 4 aromatic rings. The summed E-state index contributed by atoms with van der Waals surface area (Å²) in [5.74, 6) is -0.0129. The molecule has 0 saturated carbocycles. The summed E-state index contributed by atoms with van der Waals surface area (Å²) < 4.78 is 45.6. The summed E-state index contributed by atoms with van der Waals surface area (Å²) in [6, 6.07) is 10.2. The Morgan fingerprint density at radius 1 is 1.05 bits per heavy atom. The van der Waals surface area contributed by atoms with Crippen LogP contribution in [0.15, 0.2) is 62.5 Å². The second kappa shape index (κ2) is 10.3.